The van der Waals surface area contributed by atoms with Gasteiger partial charge in [-0.1, -0.05) is 97.8 Å². The summed E-state index contributed by atoms with van der Waals surface area (Å²) in [7, 11) is 0. The van der Waals surface area contributed by atoms with Gasteiger partial charge >= 0.3 is 0 Å². The maximum Gasteiger partial charge on any atom is 0.179 e. The van der Waals surface area contributed by atoms with Crippen molar-refractivity contribution in [1.29, 1.82) is 0 Å². The highest BCUT2D eigenvalue weighted by molar-refractivity contribution is 5.93. The van der Waals surface area contributed by atoms with Crippen LogP contribution < -0.4 is 19.6 Å². The fraction of sp³-hybridized carbons (Fsp3) is 0.217. The van der Waals surface area contributed by atoms with E-state index in [9.17, 15) is 0 Å². The van der Waals surface area contributed by atoms with Crippen LogP contribution in [0, 0.1) is 19.3 Å². The number of benzene rings is 5. The molecule has 0 bridgehead atoms. The Labute approximate surface area is 315 Å². The number of rotatable bonds is 4. The number of fused-ring (bicyclic) bond motifs is 10. The molecule has 3 aliphatic heterocycles. The van der Waals surface area contributed by atoms with E-state index >= 15 is 0 Å². The van der Waals surface area contributed by atoms with Crippen LogP contribution in [0.3, 0.4) is 0 Å². The number of hydrogen-bond donors (Lipinski definition) is 0. The molecule has 2 aromatic heterocycles. The largest absolute Gasteiger partial charge is 0.302 e. The van der Waals surface area contributed by atoms with Crippen molar-refractivity contribution in [3.63, 3.8) is 0 Å². The number of nitrogens with zero attached hydrogens (tertiary/aromatic N) is 8. The molecule has 0 radical (unpaired) electrons. The zero-order valence-corrected chi connectivity index (χ0v) is 31.0. The van der Waals surface area contributed by atoms with Crippen molar-refractivity contribution >= 4 is 57.1 Å². The third-order valence-electron chi connectivity index (χ3n) is 12.9. The Kier molecular flexibility index (Phi) is 6.30. The lowest BCUT2D eigenvalue weighted by Gasteiger charge is -2.43. The van der Waals surface area contributed by atoms with Gasteiger partial charge in [-0.25, -0.2) is 19.9 Å². The van der Waals surface area contributed by atoms with Crippen molar-refractivity contribution in [2.75, 3.05) is 19.6 Å². The van der Waals surface area contributed by atoms with E-state index in [1.165, 1.54) is 33.6 Å². The molecule has 8 nitrogen and oxygen atoms in total. The number of para-hydroxylation sites is 4. The second kappa shape index (κ2) is 10.9. The Morgan fingerprint density at radius 1 is 0.537 bits per heavy atom. The minimum absolute atomic E-state index is 0.0610. The molecule has 1 aliphatic carbocycles. The van der Waals surface area contributed by atoms with Gasteiger partial charge in [-0.15, -0.1) is 0 Å². The van der Waals surface area contributed by atoms with Gasteiger partial charge in [0, 0.05) is 51.9 Å². The monoisotopic (exact) mass is 704 g/mol. The maximum atomic E-state index is 5.38. The van der Waals surface area contributed by atoms with Gasteiger partial charge in [0.2, 0.25) is 0 Å². The standard InChI is InChI=1S/C46H40N8/c1-28-19-22-32(23-20-28)51-30(3)52(41-40(51)47-25-26-48-41)37-24-21-29(2)27-33(37)39-45(4)34-15-9-12-18-38(34)54-43-42(49-35-16-10-11-17-36(35)50-43)53(44(54)46(39,45)5)31-13-7-6-8-14-31/h6-27,30,39,44H,1-5H3. The maximum absolute atomic E-state index is 5.38. The summed E-state index contributed by atoms with van der Waals surface area (Å²) >= 11 is 0. The predicted octanol–water partition coefficient (Wildman–Crippen LogP) is 10.4. The van der Waals surface area contributed by atoms with E-state index in [2.05, 4.69) is 163 Å². The van der Waals surface area contributed by atoms with Crippen LogP contribution in [0.2, 0.25) is 0 Å². The molecule has 5 heterocycles. The lowest BCUT2D eigenvalue weighted by Crippen LogP contribution is -2.50. The van der Waals surface area contributed by atoms with E-state index in [4.69, 9.17) is 19.9 Å². The van der Waals surface area contributed by atoms with Gasteiger partial charge in [-0.05, 0) is 80.4 Å². The highest BCUT2D eigenvalue weighted by Gasteiger charge is 2.81. The van der Waals surface area contributed by atoms with E-state index in [-0.39, 0.29) is 29.1 Å². The molecule has 1 fully saturated rings. The zero-order valence-electron chi connectivity index (χ0n) is 31.0. The van der Waals surface area contributed by atoms with Crippen LogP contribution in [0.5, 0.6) is 0 Å². The summed E-state index contributed by atoms with van der Waals surface area (Å²) in [6.45, 7) is 11.6. The summed E-state index contributed by atoms with van der Waals surface area (Å²) in [5.74, 6) is 3.68. The fourth-order valence-corrected chi connectivity index (χ4v) is 10.3. The van der Waals surface area contributed by atoms with E-state index in [1.807, 2.05) is 18.3 Å². The Morgan fingerprint density at radius 2 is 1.13 bits per heavy atom. The highest BCUT2D eigenvalue weighted by Crippen LogP contribution is 2.82. The molecule has 8 heteroatoms. The number of hydrogen-bond acceptors (Lipinski definition) is 8. The van der Waals surface area contributed by atoms with Crippen LogP contribution in [0.1, 0.15) is 48.9 Å². The highest BCUT2D eigenvalue weighted by atomic mass is 15.5. The fourth-order valence-electron chi connectivity index (χ4n) is 10.3. The SMILES string of the molecule is Cc1ccc(N2c3nccnc3N(c3ccc(C)cc3C3C4(C)c5ccccc5N5c6nc7ccccc7nc6N(c6ccccc6)C5C34C)C2C)cc1. The topological polar surface area (TPSA) is 64.5 Å². The number of aryl methyl sites for hydroxylation is 2. The Morgan fingerprint density at radius 3 is 1.85 bits per heavy atom. The molecular weight excluding hydrogens is 665 g/mol. The Balaban J connectivity index is 1.13. The first-order chi connectivity index (χ1) is 26.3. The van der Waals surface area contributed by atoms with Crippen LogP contribution in [0.15, 0.2) is 134 Å². The molecule has 264 valence electrons. The van der Waals surface area contributed by atoms with E-state index in [0.717, 1.165) is 45.7 Å². The minimum atomic E-state index is -0.265. The summed E-state index contributed by atoms with van der Waals surface area (Å²) in [6, 6.07) is 43.7. The van der Waals surface area contributed by atoms with E-state index < -0.39 is 0 Å². The van der Waals surface area contributed by atoms with Gasteiger partial charge < -0.3 is 19.6 Å². The van der Waals surface area contributed by atoms with Crippen LogP contribution in [-0.4, -0.2) is 32.3 Å². The molecule has 54 heavy (non-hydrogen) atoms. The average Bonchev–Trinajstić information content (AvgIpc) is 3.39. The summed E-state index contributed by atoms with van der Waals surface area (Å²) in [4.78, 5) is 30.4. The number of anilines is 8. The second-order valence-corrected chi connectivity index (χ2v) is 15.7. The van der Waals surface area contributed by atoms with Crippen LogP contribution >= 0.6 is 0 Å². The predicted molar refractivity (Wildman–Crippen MR) is 217 cm³/mol. The van der Waals surface area contributed by atoms with Gasteiger partial charge in [0.25, 0.3) is 0 Å². The van der Waals surface area contributed by atoms with Crippen LogP contribution in [0.25, 0.3) is 11.0 Å². The van der Waals surface area contributed by atoms with Gasteiger partial charge in [0.1, 0.15) is 12.3 Å². The molecule has 11 rings (SSSR count). The normalized spacial score (nSPS) is 24.6. The van der Waals surface area contributed by atoms with Gasteiger partial charge in [0.15, 0.2) is 23.3 Å². The lowest BCUT2D eigenvalue weighted by atomic mass is 9.81. The van der Waals surface area contributed by atoms with Crippen molar-refractivity contribution in [3.05, 3.63) is 156 Å². The first-order valence-corrected chi connectivity index (χ1v) is 18.9. The summed E-state index contributed by atoms with van der Waals surface area (Å²) < 4.78 is 0. The molecule has 7 aromatic rings. The molecular formula is C46H40N8. The summed E-state index contributed by atoms with van der Waals surface area (Å²) in [6.07, 6.45) is 3.47. The third kappa shape index (κ3) is 3.92. The minimum Gasteiger partial charge on any atom is -0.302 e. The second-order valence-electron chi connectivity index (χ2n) is 15.7. The molecule has 0 amide bonds. The zero-order chi connectivity index (χ0) is 36.5. The average molecular weight is 705 g/mol. The van der Waals surface area contributed by atoms with Crippen molar-refractivity contribution in [3.8, 4) is 0 Å². The quantitative estimate of drug-likeness (QED) is 0.179. The van der Waals surface area contributed by atoms with E-state index in [1.54, 1.807) is 6.20 Å². The molecule has 5 aromatic carbocycles. The molecule has 5 atom stereocenters. The summed E-state index contributed by atoms with van der Waals surface area (Å²) in [5, 5.41) is 0. The van der Waals surface area contributed by atoms with Crippen molar-refractivity contribution in [1.82, 2.24) is 19.9 Å². The van der Waals surface area contributed by atoms with Crippen LogP contribution in [-0.2, 0) is 5.41 Å². The first-order valence-electron chi connectivity index (χ1n) is 18.9. The number of aromatic nitrogens is 4. The van der Waals surface area contributed by atoms with Crippen LogP contribution in [0.4, 0.5) is 46.0 Å². The molecule has 0 spiro atoms. The van der Waals surface area contributed by atoms with Crippen molar-refractivity contribution < 1.29 is 0 Å². The summed E-state index contributed by atoms with van der Waals surface area (Å²) in [5.41, 5.74) is 11.0. The third-order valence-corrected chi connectivity index (χ3v) is 12.9. The van der Waals surface area contributed by atoms with Crippen molar-refractivity contribution in [2.45, 2.75) is 58.3 Å². The Bertz CT molecular complexity index is 2640. The van der Waals surface area contributed by atoms with Gasteiger partial charge in [-0.2, -0.15) is 0 Å². The smallest absolute Gasteiger partial charge is 0.179 e. The van der Waals surface area contributed by atoms with Gasteiger partial charge in [-0.3, -0.25) is 0 Å². The Hall–Kier alpha value is -6.28. The first kappa shape index (κ1) is 31.3. The van der Waals surface area contributed by atoms with Crippen molar-refractivity contribution in [2.24, 2.45) is 5.41 Å². The molecule has 5 unspecified atom stereocenters. The van der Waals surface area contributed by atoms with E-state index in [0.29, 0.717) is 0 Å². The molecule has 0 N–H and O–H groups in total. The molecule has 4 aliphatic rings. The van der Waals surface area contributed by atoms with Gasteiger partial charge in [0.05, 0.1) is 11.0 Å². The lowest BCUT2D eigenvalue weighted by molar-refractivity contribution is 0.367. The molecule has 1 saturated carbocycles. The molecule has 0 saturated heterocycles.